The van der Waals surface area contributed by atoms with Crippen molar-refractivity contribution in [1.82, 2.24) is 37.4 Å². The summed E-state index contributed by atoms with van der Waals surface area (Å²) in [5.74, 6) is 2.75. The van der Waals surface area contributed by atoms with E-state index < -0.39 is 0 Å². The van der Waals surface area contributed by atoms with Crippen molar-refractivity contribution in [2.45, 2.75) is 0 Å². The average Bonchev–Trinajstić information content (AvgIpc) is 3.74. The van der Waals surface area contributed by atoms with Crippen molar-refractivity contribution in [2.75, 3.05) is 0 Å². The molecule has 4 aromatic heterocycles. The lowest BCUT2D eigenvalue weighted by Crippen LogP contribution is -2.10. The molecule has 232 valence electrons. The number of ether oxygens (including phenoxy) is 1. The predicted octanol–water partition coefficient (Wildman–Crippen LogP) is 8.07. The van der Waals surface area contributed by atoms with Gasteiger partial charge in [-0.2, -0.15) is 0 Å². The second-order valence-electron chi connectivity index (χ2n) is 11.6. The smallest absolute Gasteiger partial charge is 0.219 e. The highest BCUT2D eigenvalue weighted by Gasteiger charge is 2.15. The zero-order chi connectivity index (χ0) is 32.1. The van der Waals surface area contributed by atoms with Gasteiger partial charge in [-0.3, -0.25) is 9.13 Å². The summed E-state index contributed by atoms with van der Waals surface area (Å²) in [4.78, 5) is 9.50. The van der Waals surface area contributed by atoms with E-state index in [9.17, 15) is 0 Å². The maximum absolute atomic E-state index is 7.12. The van der Waals surface area contributed by atoms with Gasteiger partial charge in [-0.05, 0) is 24.3 Å². The summed E-state index contributed by atoms with van der Waals surface area (Å²) in [5.41, 5.74) is 4.03. The van der Waals surface area contributed by atoms with Crippen LogP contribution in [0.15, 0.2) is 134 Å². The van der Waals surface area contributed by atoms with Gasteiger partial charge in [0.15, 0.2) is 0 Å². The van der Waals surface area contributed by atoms with Crippen molar-refractivity contribution in [2.24, 2.45) is 28.2 Å². The molecule has 9 nitrogen and oxygen atoms in total. The second kappa shape index (κ2) is 11.3. The molecule has 47 heavy (non-hydrogen) atoms. The molecule has 0 saturated heterocycles. The molecule has 0 saturated carbocycles. The van der Waals surface area contributed by atoms with E-state index in [4.69, 9.17) is 14.7 Å². The molecule has 0 spiro atoms. The highest BCUT2D eigenvalue weighted by atomic mass is 16.5. The van der Waals surface area contributed by atoms with Crippen molar-refractivity contribution < 1.29 is 4.74 Å². The lowest BCUT2D eigenvalue weighted by Gasteiger charge is -2.20. The lowest BCUT2D eigenvalue weighted by molar-refractivity contribution is 0.404. The SMILES string of the molecule is Cn1ccnc1-n1cc(Oc2cn(-c3nccn3C)c3ccccc3c3ccccc3n2C)n(C)c2ccccc2c2ccccc21. The highest BCUT2D eigenvalue weighted by Crippen LogP contribution is 2.32. The van der Waals surface area contributed by atoms with Crippen molar-refractivity contribution in [3.8, 4) is 23.7 Å². The van der Waals surface area contributed by atoms with Crippen LogP contribution in [0.2, 0.25) is 0 Å². The molecular formula is C38H34N8O. The van der Waals surface area contributed by atoms with Gasteiger partial charge in [-0.25, -0.2) is 9.97 Å². The summed E-state index contributed by atoms with van der Waals surface area (Å²) < 4.78 is 19.5. The summed E-state index contributed by atoms with van der Waals surface area (Å²) in [5, 5.41) is 4.38. The third-order valence-corrected chi connectivity index (χ3v) is 8.81. The van der Waals surface area contributed by atoms with Crippen LogP contribution in [0.3, 0.4) is 0 Å². The number of benzene rings is 4. The van der Waals surface area contributed by atoms with E-state index in [1.807, 2.05) is 74.5 Å². The van der Waals surface area contributed by atoms with Gasteiger partial charge >= 0.3 is 0 Å². The van der Waals surface area contributed by atoms with Gasteiger partial charge in [0, 0.05) is 74.5 Å². The Labute approximate surface area is 271 Å². The Morgan fingerprint density at radius 2 is 0.787 bits per heavy atom. The number of para-hydroxylation sites is 4. The van der Waals surface area contributed by atoms with E-state index in [0.717, 1.165) is 55.5 Å². The number of aromatic nitrogens is 8. The molecule has 0 aliphatic rings. The van der Waals surface area contributed by atoms with Crippen LogP contribution >= 0.6 is 0 Å². The normalized spacial score (nSPS) is 11.4. The Kier molecular flexibility index (Phi) is 6.79. The minimum absolute atomic E-state index is 0.610. The van der Waals surface area contributed by atoms with Crippen LogP contribution < -0.4 is 4.74 Å². The summed E-state index contributed by atoms with van der Waals surface area (Å²) in [6.07, 6.45) is 11.6. The van der Waals surface area contributed by atoms with Gasteiger partial charge < -0.3 is 23.0 Å². The molecule has 4 aromatic carbocycles. The summed E-state index contributed by atoms with van der Waals surface area (Å²) in [6.45, 7) is 0. The molecule has 0 fully saturated rings. The first-order chi connectivity index (χ1) is 23.0. The van der Waals surface area contributed by atoms with E-state index >= 15 is 0 Å². The summed E-state index contributed by atoms with van der Waals surface area (Å²) >= 11 is 0. The van der Waals surface area contributed by atoms with Crippen LogP contribution in [0.5, 0.6) is 11.8 Å². The first-order valence-electron chi connectivity index (χ1n) is 15.5. The number of nitrogens with zero attached hydrogens (tertiary/aromatic N) is 8. The van der Waals surface area contributed by atoms with Gasteiger partial charge in [0.2, 0.25) is 23.7 Å². The van der Waals surface area contributed by atoms with Gasteiger partial charge in [0.1, 0.15) is 0 Å². The number of imidazole rings is 2. The Morgan fingerprint density at radius 1 is 0.447 bits per heavy atom. The minimum Gasteiger partial charge on any atom is -0.421 e. The zero-order valence-corrected chi connectivity index (χ0v) is 26.7. The number of hydrogen-bond donors (Lipinski definition) is 0. The Balaban J connectivity index is 1.52. The molecule has 4 heterocycles. The standard InChI is InChI=1S/C38H34N8O/c1-41-23-21-39-37(41)45-25-35(43(3)31-17-9-5-13-27(31)29-15-7-11-19-33(29)45)47-36-26-46(38-40-22-24-42(38)2)34-20-12-8-16-30(34)28-14-6-10-18-32(28)44(36)4/h5-26H,1-4H3. The Morgan fingerprint density at radius 3 is 1.15 bits per heavy atom. The van der Waals surface area contributed by atoms with Crippen molar-refractivity contribution >= 4 is 43.6 Å². The lowest BCUT2D eigenvalue weighted by atomic mass is 10.1. The van der Waals surface area contributed by atoms with Gasteiger partial charge in [0.25, 0.3) is 0 Å². The quantitative estimate of drug-likeness (QED) is 0.200. The predicted molar refractivity (Wildman–Crippen MR) is 188 cm³/mol. The molecule has 0 atom stereocenters. The molecule has 0 amide bonds. The Bertz CT molecular complexity index is 2390. The number of hydrogen-bond acceptors (Lipinski definition) is 3. The van der Waals surface area contributed by atoms with Crippen molar-refractivity contribution in [1.29, 1.82) is 0 Å². The molecule has 0 bridgehead atoms. The summed E-state index contributed by atoms with van der Waals surface area (Å²) in [6, 6.07) is 33.6. The van der Waals surface area contributed by atoms with Crippen molar-refractivity contribution in [3.05, 3.63) is 134 Å². The fourth-order valence-electron chi connectivity index (χ4n) is 6.39. The molecule has 0 N–H and O–H groups in total. The van der Waals surface area contributed by atoms with Crippen LogP contribution in [0.4, 0.5) is 0 Å². The van der Waals surface area contributed by atoms with Crippen LogP contribution in [0.25, 0.3) is 55.5 Å². The van der Waals surface area contributed by atoms with Crippen LogP contribution in [-0.4, -0.2) is 37.4 Å². The van der Waals surface area contributed by atoms with E-state index in [2.05, 4.69) is 115 Å². The topological polar surface area (TPSA) is 64.6 Å². The van der Waals surface area contributed by atoms with Gasteiger partial charge in [-0.1, -0.05) is 72.8 Å². The molecule has 0 radical (unpaired) electrons. The molecule has 8 rings (SSSR count). The molecular weight excluding hydrogens is 584 g/mol. The maximum Gasteiger partial charge on any atom is 0.219 e. The van der Waals surface area contributed by atoms with Crippen LogP contribution in [0, 0.1) is 0 Å². The van der Waals surface area contributed by atoms with E-state index in [1.54, 1.807) is 0 Å². The maximum atomic E-state index is 7.12. The van der Waals surface area contributed by atoms with E-state index in [-0.39, 0.29) is 0 Å². The van der Waals surface area contributed by atoms with Crippen LogP contribution in [0.1, 0.15) is 0 Å². The minimum atomic E-state index is 0.610. The van der Waals surface area contributed by atoms with E-state index in [0.29, 0.717) is 11.8 Å². The number of aryl methyl sites for hydroxylation is 4. The van der Waals surface area contributed by atoms with Crippen molar-refractivity contribution in [3.63, 3.8) is 0 Å². The molecule has 0 aliphatic heterocycles. The van der Waals surface area contributed by atoms with Crippen LogP contribution in [-0.2, 0) is 28.2 Å². The third-order valence-electron chi connectivity index (χ3n) is 8.81. The molecule has 0 unspecified atom stereocenters. The van der Waals surface area contributed by atoms with Gasteiger partial charge in [-0.15, -0.1) is 0 Å². The third kappa shape index (κ3) is 4.71. The zero-order valence-electron chi connectivity index (χ0n) is 26.7. The number of fused-ring (bicyclic) bond motifs is 6. The number of rotatable bonds is 4. The monoisotopic (exact) mass is 618 g/mol. The fraction of sp³-hybridized carbons (Fsp3) is 0.105. The molecule has 8 aromatic rings. The fourth-order valence-corrected chi connectivity index (χ4v) is 6.39. The van der Waals surface area contributed by atoms with E-state index in [1.165, 1.54) is 0 Å². The largest absolute Gasteiger partial charge is 0.421 e. The first-order valence-corrected chi connectivity index (χ1v) is 15.5. The second-order valence-corrected chi connectivity index (χ2v) is 11.6. The Hall–Kier alpha value is -6.22. The average molecular weight is 619 g/mol. The first kappa shape index (κ1) is 28.3. The highest BCUT2D eigenvalue weighted by molar-refractivity contribution is 6.04. The molecule has 9 heteroatoms. The summed E-state index contributed by atoms with van der Waals surface area (Å²) in [7, 11) is 8.08. The van der Waals surface area contributed by atoms with Gasteiger partial charge in [0.05, 0.1) is 34.5 Å². The molecule has 0 aliphatic carbocycles.